The topological polar surface area (TPSA) is 85.1 Å². The van der Waals surface area contributed by atoms with Gasteiger partial charge in [0.25, 0.3) is 0 Å². The minimum atomic E-state index is -0.141. The van der Waals surface area contributed by atoms with Crippen molar-refractivity contribution < 1.29 is 14.1 Å². The molecule has 1 aromatic carbocycles. The summed E-state index contributed by atoms with van der Waals surface area (Å²) in [5, 5.41) is 6.75. The zero-order chi connectivity index (χ0) is 16.9. The van der Waals surface area contributed by atoms with Gasteiger partial charge in [0, 0.05) is 25.3 Å². The van der Waals surface area contributed by atoms with Gasteiger partial charge in [0.2, 0.25) is 11.8 Å². The van der Waals surface area contributed by atoms with Gasteiger partial charge in [0.1, 0.15) is 5.78 Å². The Hall–Kier alpha value is -2.50. The van der Waals surface area contributed by atoms with E-state index in [0.717, 1.165) is 12.0 Å². The van der Waals surface area contributed by atoms with Crippen LogP contribution in [0.4, 0.5) is 0 Å². The second-order valence-electron chi connectivity index (χ2n) is 6.35. The lowest BCUT2D eigenvalue weighted by Crippen LogP contribution is -2.25. The van der Waals surface area contributed by atoms with Gasteiger partial charge in [0.05, 0.1) is 6.42 Å². The highest BCUT2D eigenvalue weighted by Crippen LogP contribution is 2.35. The van der Waals surface area contributed by atoms with Crippen LogP contribution in [0.15, 0.2) is 34.9 Å². The lowest BCUT2D eigenvalue weighted by atomic mass is 9.80. The van der Waals surface area contributed by atoms with E-state index in [0.29, 0.717) is 36.9 Å². The highest BCUT2D eigenvalue weighted by molar-refractivity contribution is 5.79. The van der Waals surface area contributed by atoms with Gasteiger partial charge in [-0.2, -0.15) is 4.98 Å². The van der Waals surface area contributed by atoms with Crippen LogP contribution in [0, 0.1) is 5.92 Å². The van der Waals surface area contributed by atoms with E-state index in [4.69, 9.17) is 4.52 Å². The number of aromatic nitrogens is 2. The van der Waals surface area contributed by atoms with Gasteiger partial charge >= 0.3 is 0 Å². The van der Waals surface area contributed by atoms with E-state index in [9.17, 15) is 9.59 Å². The molecule has 0 radical (unpaired) electrons. The Labute approximate surface area is 140 Å². The fraction of sp³-hybridized carbons (Fsp3) is 0.444. The molecule has 0 saturated heterocycles. The van der Waals surface area contributed by atoms with Crippen molar-refractivity contribution in [2.75, 3.05) is 0 Å². The first kappa shape index (κ1) is 16.4. The van der Waals surface area contributed by atoms with E-state index in [2.05, 4.69) is 15.5 Å². The number of Topliss-reactive ketones (excluding diaryl/α,β-unsaturated/α-hetero) is 1. The quantitative estimate of drug-likeness (QED) is 0.911. The van der Waals surface area contributed by atoms with E-state index >= 15 is 0 Å². The second kappa shape index (κ2) is 7.38. The lowest BCUT2D eigenvalue weighted by Gasteiger charge is -2.24. The second-order valence-corrected chi connectivity index (χ2v) is 6.35. The Morgan fingerprint density at radius 1 is 1.33 bits per heavy atom. The zero-order valence-corrected chi connectivity index (χ0v) is 13.7. The first-order valence-corrected chi connectivity index (χ1v) is 8.26. The van der Waals surface area contributed by atoms with E-state index in [-0.39, 0.29) is 24.2 Å². The fourth-order valence-corrected chi connectivity index (χ4v) is 3.06. The van der Waals surface area contributed by atoms with Crippen molar-refractivity contribution >= 4 is 11.7 Å². The van der Waals surface area contributed by atoms with E-state index in [1.165, 1.54) is 0 Å². The van der Waals surface area contributed by atoms with Gasteiger partial charge in [0.15, 0.2) is 5.82 Å². The highest BCUT2D eigenvalue weighted by atomic mass is 16.5. The molecule has 2 atom stereocenters. The normalized spacial score (nSPS) is 20.8. The van der Waals surface area contributed by atoms with Gasteiger partial charge in [-0.3, -0.25) is 9.59 Å². The standard InChI is InChI=1S/C18H21N3O3/c1-12-9-14(22)7-8-15(12)18-20-16(21-24-18)10-17(23)19-11-13-5-3-2-4-6-13/h2-6,12,15H,7-11H2,1H3,(H,19,23)/t12-,15+/m0/s1. The van der Waals surface area contributed by atoms with Crippen molar-refractivity contribution in [2.45, 2.75) is 45.1 Å². The molecule has 1 saturated carbocycles. The molecule has 1 aliphatic carbocycles. The van der Waals surface area contributed by atoms with Crippen LogP contribution < -0.4 is 5.32 Å². The first-order chi connectivity index (χ1) is 11.6. The number of carbonyl (C=O) groups excluding carboxylic acids is 2. The maximum absolute atomic E-state index is 12.0. The maximum atomic E-state index is 12.0. The van der Waals surface area contributed by atoms with Crippen molar-refractivity contribution in [1.29, 1.82) is 0 Å². The van der Waals surface area contributed by atoms with Crippen molar-refractivity contribution in [2.24, 2.45) is 5.92 Å². The van der Waals surface area contributed by atoms with Crippen molar-refractivity contribution in [1.82, 2.24) is 15.5 Å². The molecule has 2 aromatic rings. The summed E-state index contributed by atoms with van der Waals surface area (Å²) in [6.07, 6.45) is 1.95. The molecule has 1 heterocycles. The molecule has 24 heavy (non-hydrogen) atoms. The predicted molar refractivity (Wildman–Crippen MR) is 87.1 cm³/mol. The van der Waals surface area contributed by atoms with Crippen LogP contribution in [-0.4, -0.2) is 21.8 Å². The van der Waals surface area contributed by atoms with Gasteiger partial charge in [-0.15, -0.1) is 0 Å². The molecule has 0 unspecified atom stereocenters. The van der Waals surface area contributed by atoms with E-state index in [1.54, 1.807) is 0 Å². The Kier molecular flexibility index (Phi) is 5.03. The Balaban J connectivity index is 1.54. The molecule has 1 aliphatic rings. The monoisotopic (exact) mass is 327 g/mol. The smallest absolute Gasteiger partial charge is 0.230 e. The summed E-state index contributed by atoms with van der Waals surface area (Å²) in [5.74, 6) is 1.39. The van der Waals surface area contributed by atoms with Crippen LogP contribution in [0.3, 0.4) is 0 Å². The average molecular weight is 327 g/mol. The minimum Gasteiger partial charge on any atom is -0.352 e. The number of hydrogen-bond acceptors (Lipinski definition) is 5. The van der Waals surface area contributed by atoms with Crippen molar-refractivity contribution in [3.8, 4) is 0 Å². The van der Waals surface area contributed by atoms with Gasteiger partial charge < -0.3 is 9.84 Å². The number of amides is 1. The SMILES string of the molecule is C[C@H]1CC(=O)CC[C@H]1c1nc(CC(=O)NCc2ccccc2)no1. The number of carbonyl (C=O) groups is 2. The summed E-state index contributed by atoms with van der Waals surface area (Å²) in [7, 11) is 0. The maximum Gasteiger partial charge on any atom is 0.230 e. The molecule has 0 spiro atoms. The Morgan fingerprint density at radius 2 is 2.12 bits per heavy atom. The highest BCUT2D eigenvalue weighted by Gasteiger charge is 2.31. The fourth-order valence-electron chi connectivity index (χ4n) is 3.06. The molecule has 0 aliphatic heterocycles. The van der Waals surface area contributed by atoms with E-state index < -0.39 is 0 Å². The number of rotatable bonds is 5. The summed E-state index contributed by atoms with van der Waals surface area (Å²) in [4.78, 5) is 27.8. The Morgan fingerprint density at radius 3 is 2.88 bits per heavy atom. The third-order valence-corrected chi connectivity index (χ3v) is 4.42. The van der Waals surface area contributed by atoms with E-state index in [1.807, 2.05) is 37.3 Å². The largest absolute Gasteiger partial charge is 0.352 e. The molecule has 6 heteroatoms. The number of nitrogens with zero attached hydrogens (tertiary/aromatic N) is 2. The van der Waals surface area contributed by atoms with Crippen LogP contribution in [0.25, 0.3) is 0 Å². The molecule has 6 nitrogen and oxygen atoms in total. The zero-order valence-electron chi connectivity index (χ0n) is 13.7. The summed E-state index contributed by atoms with van der Waals surface area (Å²) in [6, 6.07) is 9.72. The molecule has 0 bridgehead atoms. The number of ketones is 1. The molecule has 126 valence electrons. The van der Waals surface area contributed by atoms with Gasteiger partial charge in [-0.05, 0) is 17.9 Å². The first-order valence-electron chi connectivity index (χ1n) is 8.26. The minimum absolute atomic E-state index is 0.0936. The molecule has 1 amide bonds. The van der Waals surface area contributed by atoms with Gasteiger partial charge in [-0.25, -0.2) is 0 Å². The lowest BCUT2D eigenvalue weighted by molar-refractivity contribution is -0.122. The number of nitrogens with one attached hydrogen (secondary N) is 1. The predicted octanol–water partition coefficient (Wildman–Crippen LogP) is 2.40. The van der Waals surface area contributed by atoms with Crippen LogP contribution >= 0.6 is 0 Å². The number of benzene rings is 1. The average Bonchev–Trinajstić information content (AvgIpc) is 3.02. The van der Waals surface area contributed by atoms with Crippen molar-refractivity contribution in [3.05, 3.63) is 47.6 Å². The van der Waals surface area contributed by atoms with Crippen LogP contribution in [0.2, 0.25) is 0 Å². The molecular formula is C18H21N3O3. The molecule has 1 aromatic heterocycles. The third kappa shape index (κ3) is 4.07. The van der Waals surface area contributed by atoms with Crippen molar-refractivity contribution in [3.63, 3.8) is 0 Å². The number of hydrogen-bond donors (Lipinski definition) is 1. The molecular weight excluding hydrogens is 306 g/mol. The summed E-state index contributed by atoms with van der Waals surface area (Å²) >= 11 is 0. The van der Waals surface area contributed by atoms with Crippen LogP contribution in [0.5, 0.6) is 0 Å². The summed E-state index contributed by atoms with van der Waals surface area (Å²) in [5.41, 5.74) is 1.04. The third-order valence-electron chi connectivity index (χ3n) is 4.42. The van der Waals surface area contributed by atoms with Crippen LogP contribution in [0.1, 0.15) is 49.4 Å². The molecule has 3 rings (SSSR count). The van der Waals surface area contributed by atoms with Crippen LogP contribution in [-0.2, 0) is 22.6 Å². The Bertz CT molecular complexity index is 711. The van der Waals surface area contributed by atoms with Gasteiger partial charge in [-0.1, -0.05) is 42.4 Å². The summed E-state index contributed by atoms with van der Waals surface area (Å²) < 4.78 is 5.32. The molecule has 1 N–H and O–H groups in total. The summed E-state index contributed by atoms with van der Waals surface area (Å²) in [6.45, 7) is 2.50. The molecule has 1 fully saturated rings.